The maximum atomic E-state index is 10.2. The molecule has 0 fully saturated rings. The summed E-state index contributed by atoms with van der Waals surface area (Å²) >= 11 is 0. The van der Waals surface area contributed by atoms with Gasteiger partial charge in [-0.15, -0.1) is 5.10 Å². The minimum Gasteiger partial charge on any atom is -0.476 e. The molecule has 0 spiro atoms. The minimum absolute atomic E-state index is 0.199. The Labute approximate surface area is 253 Å². The quantitative estimate of drug-likeness (QED) is 0.299. The fraction of sp³-hybridized carbons (Fsp3) is 0.548. The summed E-state index contributed by atoms with van der Waals surface area (Å²) in [4.78, 5) is 6.84. The summed E-state index contributed by atoms with van der Waals surface area (Å²) < 4.78 is 15.9. The summed E-state index contributed by atoms with van der Waals surface area (Å²) in [5, 5.41) is 37.8. The van der Waals surface area contributed by atoms with Crippen molar-refractivity contribution >= 4 is 23.2 Å². The second-order valence-corrected chi connectivity index (χ2v) is 11.6. The number of hydrogen-bond donors (Lipinski definition) is 3. The number of pyridine rings is 1. The molecule has 2 bridgehead atoms. The van der Waals surface area contributed by atoms with Crippen LogP contribution in [0.4, 0.5) is 0 Å². The highest BCUT2D eigenvalue weighted by Crippen LogP contribution is 2.36. The second kappa shape index (κ2) is 14.2. The second-order valence-electron chi connectivity index (χ2n) is 11.6. The van der Waals surface area contributed by atoms with Gasteiger partial charge in [-0.3, -0.25) is 14.7 Å². The van der Waals surface area contributed by atoms with Crippen LogP contribution in [0.25, 0.3) is 34.3 Å². The molecule has 3 N–H and O–H groups in total. The summed E-state index contributed by atoms with van der Waals surface area (Å²) in [6.07, 6.45) is 4.88. The van der Waals surface area contributed by atoms with Crippen LogP contribution < -0.4 is 9.47 Å². The number of aromatic amines is 1. The van der Waals surface area contributed by atoms with E-state index in [-0.39, 0.29) is 12.7 Å². The van der Waals surface area contributed by atoms with Gasteiger partial charge in [0.2, 0.25) is 11.8 Å². The lowest BCUT2D eigenvalue weighted by Gasteiger charge is -2.26. The van der Waals surface area contributed by atoms with Crippen LogP contribution in [0.1, 0.15) is 71.1 Å². The number of fused-ring (bicyclic) bond motifs is 4. The monoisotopic (exact) mass is 594 g/mol. The van der Waals surface area contributed by atoms with E-state index in [1.165, 1.54) is 0 Å². The smallest absolute Gasteiger partial charge is 0.240 e. The summed E-state index contributed by atoms with van der Waals surface area (Å²) in [5.74, 6) is 1.92. The van der Waals surface area contributed by atoms with E-state index < -0.39 is 6.10 Å². The van der Waals surface area contributed by atoms with E-state index in [0.717, 1.165) is 40.4 Å². The lowest BCUT2D eigenvalue weighted by Crippen LogP contribution is -2.35. The van der Waals surface area contributed by atoms with Crippen LogP contribution in [0.3, 0.4) is 0 Å². The summed E-state index contributed by atoms with van der Waals surface area (Å²) in [5.41, 5.74) is 5.13. The number of aromatic nitrogens is 7. The van der Waals surface area contributed by atoms with Crippen LogP contribution >= 0.6 is 0 Å². The normalized spacial score (nSPS) is 17.0. The maximum Gasteiger partial charge on any atom is 0.240 e. The molecule has 1 aliphatic rings. The fourth-order valence-corrected chi connectivity index (χ4v) is 5.02. The zero-order valence-electron chi connectivity index (χ0n) is 26.6. The van der Waals surface area contributed by atoms with Gasteiger partial charge < -0.3 is 19.7 Å². The van der Waals surface area contributed by atoms with Crippen molar-refractivity contribution in [3.8, 4) is 22.9 Å². The van der Waals surface area contributed by atoms with E-state index in [1.54, 1.807) is 17.8 Å². The third-order valence-electron chi connectivity index (χ3n) is 6.79. The van der Waals surface area contributed by atoms with Crippen LogP contribution in [0.15, 0.2) is 12.3 Å². The molecule has 2 atom stereocenters. The largest absolute Gasteiger partial charge is 0.476 e. The molecule has 43 heavy (non-hydrogen) atoms. The zero-order chi connectivity index (χ0) is 31.3. The van der Waals surface area contributed by atoms with Crippen LogP contribution in [0.5, 0.6) is 11.8 Å². The van der Waals surface area contributed by atoms with Gasteiger partial charge in [0.05, 0.1) is 54.1 Å². The van der Waals surface area contributed by atoms with E-state index >= 15 is 0 Å². The molecule has 4 aromatic heterocycles. The fourth-order valence-electron chi connectivity index (χ4n) is 5.02. The van der Waals surface area contributed by atoms with E-state index in [1.807, 2.05) is 43.8 Å². The molecule has 0 aliphatic carbocycles. The molecule has 0 aromatic carbocycles. The van der Waals surface area contributed by atoms with Gasteiger partial charge in [-0.25, -0.2) is 9.67 Å². The van der Waals surface area contributed by atoms with Crippen molar-refractivity contribution in [3.63, 3.8) is 0 Å². The first kappa shape index (κ1) is 32.2. The number of nitrogens with one attached hydrogen (secondary N) is 1. The molecule has 2 unspecified atom stereocenters. The van der Waals surface area contributed by atoms with Crippen LogP contribution in [0, 0.1) is 5.92 Å². The first-order chi connectivity index (χ1) is 20.6. The van der Waals surface area contributed by atoms with Gasteiger partial charge in [0.1, 0.15) is 6.10 Å². The van der Waals surface area contributed by atoms with Crippen molar-refractivity contribution in [1.82, 2.24) is 39.6 Å². The van der Waals surface area contributed by atoms with Gasteiger partial charge in [-0.1, -0.05) is 27.7 Å². The Balaban J connectivity index is 0.000000996. The van der Waals surface area contributed by atoms with Gasteiger partial charge in [0, 0.05) is 37.3 Å². The van der Waals surface area contributed by atoms with Gasteiger partial charge in [-0.05, 0) is 51.5 Å². The van der Waals surface area contributed by atoms with Crippen LogP contribution in [-0.2, 0) is 26.7 Å². The maximum absolute atomic E-state index is 10.2. The van der Waals surface area contributed by atoms with Crippen molar-refractivity contribution in [2.75, 3.05) is 19.7 Å². The number of aliphatic hydroxyl groups excluding tert-OH is 2. The summed E-state index contributed by atoms with van der Waals surface area (Å²) in [6, 6.07) is 1.98. The van der Waals surface area contributed by atoms with Gasteiger partial charge in [0.25, 0.3) is 0 Å². The molecule has 12 nitrogen and oxygen atoms in total. The Morgan fingerprint density at radius 3 is 2.56 bits per heavy atom. The predicted molar refractivity (Wildman–Crippen MR) is 168 cm³/mol. The van der Waals surface area contributed by atoms with E-state index in [0.29, 0.717) is 54.9 Å². The topological polar surface area (TPSA) is 139 Å². The Bertz CT molecular complexity index is 1530. The average molecular weight is 595 g/mol. The van der Waals surface area contributed by atoms with Crippen molar-refractivity contribution in [1.29, 1.82) is 0 Å². The molecular weight excluding hydrogens is 548 g/mol. The van der Waals surface area contributed by atoms with E-state index in [2.05, 4.69) is 52.9 Å². The number of ether oxygens (including phenoxy) is 2. The molecule has 5 heterocycles. The van der Waals surface area contributed by atoms with Crippen LogP contribution in [-0.4, -0.2) is 81.8 Å². The molecule has 0 amide bonds. The molecule has 234 valence electrons. The number of H-pyrrole nitrogens is 1. The first-order valence-electron chi connectivity index (χ1n) is 15.0. The highest BCUT2D eigenvalue weighted by Gasteiger charge is 2.25. The first-order valence-corrected chi connectivity index (χ1v) is 15.0. The third kappa shape index (κ3) is 7.43. The number of rotatable bonds is 6. The number of hydrogen-bond acceptors (Lipinski definition) is 9. The highest BCUT2D eigenvalue weighted by atomic mass is 16.5. The van der Waals surface area contributed by atoms with Crippen molar-refractivity contribution in [3.05, 3.63) is 34.9 Å². The number of aryl methyl sites for hydroxylation is 1. The Hall–Kier alpha value is -3.74. The Morgan fingerprint density at radius 2 is 1.91 bits per heavy atom. The minimum atomic E-state index is -0.577. The summed E-state index contributed by atoms with van der Waals surface area (Å²) in [7, 11) is 1.81. The third-order valence-corrected chi connectivity index (χ3v) is 6.79. The van der Waals surface area contributed by atoms with Crippen molar-refractivity contribution in [2.45, 2.75) is 80.4 Å². The molecule has 1 aliphatic heterocycles. The highest BCUT2D eigenvalue weighted by molar-refractivity contribution is 5.91. The molecule has 0 saturated heterocycles. The molecule has 0 saturated carbocycles. The van der Waals surface area contributed by atoms with Gasteiger partial charge >= 0.3 is 0 Å². The lowest BCUT2D eigenvalue weighted by atomic mass is 10.1. The van der Waals surface area contributed by atoms with Gasteiger partial charge in [0.15, 0.2) is 5.65 Å². The predicted octanol–water partition coefficient (Wildman–Crippen LogP) is 4.26. The van der Waals surface area contributed by atoms with Gasteiger partial charge in [-0.2, -0.15) is 10.2 Å². The molecule has 4 aromatic rings. The number of nitrogens with zero attached hydrogens (tertiary/aromatic N) is 7. The lowest BCUT2D eigenvalue weighted by molar-refractivity contribution is 0.131. The van der Waals surface area contributed by atoms with E-state index in [9.17, 15) is 10.2 Å². The number of likely N-dealkylation sites (N-methyl/N-ethyl adjacent to an activating group) is 1. The van der Waals surface area contributed by atoms with Crippen LogP contribution in [0.2, 0.25) is 0 Å². The molecule has 0 radical (unpaired) electrons. The SMILES string of the molecule is CC(C)C.CCOc1nn(CC(C)O)c2c1/C=C/c1[nH]nc3ncc(cc13)-c1c(CO)nn(C)c1OC(C)CN(CC)C2. The molecular formula is C31H46N8O4. The molecule has 5 rings (SSSR count). The van der Waals surface area contributed by atoms with E-state index in [4.69, 9.17) is 14.6 Å². The number of aliphatic hydroxyl groups is 2. The standard InChI is InChI=1S/C27H36N8O4.C4H10/c1-6-34-13-17(4)39-27-24(22(15-36)31-33(27)5)18-10-20-21(29-30-25(20)28-11-18)9-8-19-23(14-34)35(12-16(3)37)32-26(19)38-7-2;1-4(2)3/h8-11,16-17,36-37H,6-7,12-15H2,1-5H3,(H,28,29,30);4H,1-3H3/b9-8+;. The van der Waals surface area contributed by atoms with Crippen molar-refractivity contribution < 1.29 is 19.7 Å². The van der Waals surface area contributed by atoms with Crippen molar-refractivity contribution in [2.24, 2.45) is 13.0 Å². The average Bonchev–Trinajstić information content (AvgIpc) is 3.59. The molecule has 12 heteroatoms. The summed E-state index contributed by atoms with van der Waals surface area (Å²) in [6.45, 7) is 16.9. The Morgan fingerprint density at radius 1 is 1.16 bits per heavy atom. The Kier molecular flexibility index (Phi) is 10.6. The zero-order valence-corrected chi connectivity index (χ0v) is 26.6.